The summed E-state index contributed by atoms with van der Waals surface area (Å²) in [5, 5.41) is 0. The smallest absolute Gasteiger partial charge is 0.270 e. The molecule has 3 fully saturated rings. The van der Waals surface area contributed by atoms with Gasteiger partial charge in [0, 0.05) is 24.2 Å². The highest BCUT2D eigenvalue weighted by atomic mass is 19.3. The van der Waals surface area contributed by atoms with Crippen molar-refractivity contribution in [2.75, 3.05) is 13.1 Å². The van der Waals surface area contributed by atoms with Crippen LogP contribution >= 0.6 is 0 Å². The summed E-state index contributed by atoms with van der Waals surface area (Å²) in [7, 11) is 0. The van der Waals surface area contributed by atoms with E-state index < -0.39 is 6.08 Å². The van der Waals surface area contributed by atoms with Crippen molar-refractivity contribution >= 4 is 0 Å². The Morgan fingerprint density at radius 2 is 2.06 bits per heavy atom. The molecule has 0 bridgehead atoms. The van der Waals surface area contributed by atoms with Gasteiger partial charge in [0.05, 0.1) is 0 Å². The highest BCUT2D eigenvalue weighted by Gasteiger charge is 2.68. The minimum Gasteiger partial charge on any atom is -0.292 e. The van der Waals surface area contributed by atoms with E-state index in [9.17, 15) is 8.78 Å². The quantitative estimate of drug-likeness (QED) is 0.614. The normalized spacial score (nSPS) is 42.2. The molecule has 0 spiro atoms. The molecule has 3 rings (SSSR count). The molecule has 90 valence electrons. The molecule has 3 unspecified atom stereocenters. The molecule has 0 aromatic carbocycles. The number of fused-ring (bicyclic) bond motifs is 3. The summed E-state index contributed by atoms with van der Waals surface area (Å²) in [6, 6.07) is 0. The molecule has 2 saturated heterocycles. The molecular weight excluding hydrogens is 208 g/mol. The van der Waals surface area contributed by atoms with Gasteiger partial charge in [0.2, 0.25) is 0 Å². The van der Waals surface area contributed by atoms with Gasteiger partial charge in [0.1, 0.15) is 0 Å². The molecule has 0 N–H and O–H groups in total. The van der Waals surface area contributed by atoms with Gasteiger partial charge in [-0.2, -0.15) is 8.78 Å². The van der Waals surface area contributed by atoms with Crippen LogP contribution in [-0.2, 0) is 0 Å². The molecular formula is C13H19F2N. The van der Waals surface area contributed by atoms with Crippen LogP contribution in [0.2, 0.25) is 0 Å². The summed E-state index contributed by atoms with van der Waals surface area (Å²) < 4.78 is 25.6. The number of nitrogens with zero attached hydrogens (tertiary/aromatic N) is 1. The van der Waals surface area contributed by atoms with E-state index in [-0.39, 0.29) is 11.0 Å². The van der Waals surface area contributed by atoms with Gasteiger partial charge >= 0.3 is 0 Å². The first-order chi connectivity index (χ1) is 7.36. The Morgan fingerprint density at radius 3 is 2.56 bits per heavy atom. The van der Waals surface area contributed by atoms with E-state index in [0.29, 0.717) is 24.5 Å². The largest absolute Gasteiger partial charge is 0.292 e. The van der Waals surface area contributed by atoms with Crippen molar-refractivity contribution < 1.29 is 8.78 Å². The second kappa shape index (κ2) is 2.87. The third kappa shape index (κ3) is 1.13. The van der Waals surface area contributed by atoms with Gasteiger partial charge < -0.3 is 0 Å². The molecule has 1 saturated carbocycles. The molecule has 0 aromatic heterocycles. The van der Waals surface area contributed by atoms with Crippen molar-refractivity contribution in [3.8, 4) is 0 Å². The lowest BCUT2D eigenvalue weighted by molar-refractivity contribution is 0.0375. The van der Waals surface area contributed by atoms with E-state index in [1.165, 1.54) is 6.42 Å². The van der Waals surface area contributed by atoms with E-state index >= 15 is 0 Å². The number of halogens is 2. The Hall–Kier alpha value is -0.440. The minimum atomic E-state index is -1.43. The van der Waals surface area contributed by atoms with Gasteiger partial charge in [-0.1, -0.05) is 20.8 Å². The molecule has 1 nitrogen and oxygen atoms in total. The summed E-state index contributed by atoms with van der Waals surface area (Å²) in [6.07, 6.45) is 0.421. The van der Waals surface area contributed by atoms with Crippen molar-refractivity contribution in [1.82, 2.24) is 4.90 Å². The van der Waals surface area contributed by atoms with Gasteiger partial charge in [-0.15, -0.1) is 0 Å². The molecule has 0 radical (unpaired) electrons. The molecule has 16 heavy (non-hydrogen) atoms. The summed E-state index contributed by atoms with van der Waals surface area (Å²) in [5.41, 5.74) is 0.511. The first-order valence-electron chi connectivity index (χ1n) is 6.14. The zero-order valence-electron chi connectivity index (χ0n) is 10.2. The lowest BCUT2D eigenvalue weighted by atomic mass is 9.69. The maximum atomic E-state index is 12.8. The SMILES string of the molecule is CC(C)(C)C12CC(=C(F)F)CN1CC1CC12. The fraction of sp³-hybridized carbons (Fsp3) is 0.846. The van der Waals surface area contributed by atoms with E-state index in [1.807, 2.05) is 0 Å². The molecule has 2 heterocycles. The monoisotopic (exact) mass is 227 g/mol. The van der Waals surface area contributed by atoms with Crippen molar-refractivity contribution in [1.29, 1.82) is 0 Å². The number of hydrogen-bond donors (Lipinski definition) is 0. The summed E-state index contributed by atoms with van der Waals surface area (Å²) >= 11 is 0. The average molecular weight is 227 g/mol. The highest BCUT2D eigenvalue weighted by molar-refractivity contribution is 5.30. The van der Waals surface area contributed by atoms with Crippen LogP contribution in [0, 0.1) is 17.3 Å². The lowest BCUT2D eigenvalue weighted by Gasteiger charge is -2.46. The van der Waals surface area contributed by atoms with E-state index in [1.54, 1.807) is 0 Å². The minimum absolute atomic E-state index is 0.0242. The van der Waals surface area contributed by atoms with Crippen LogP contribution in [0.3, 0.4) is 0 Å². The van der Waals surface area contributed by atoms with Crippen LogP contribution in [0.15, 0.2) is 11.7 Å². The van der Waals surface area contributed by atoms with Crippen LogP contribution in [0.1, 0.15) is 33.6 Å². The van der Waals surface area contributed by atoms with Gasteiger partial charge in [-0.25, -0.2) is 0 Å². The predicted octanol–water partition coefficient (Wildman–Crippen LogP) is 3.28. The zero-order chi connectivity index (χ0) is 11.7. The van der Waals surface area contributed by atoms with E-state index in [0.717, 1.165) is 12.5 Å². The lowest BCUT2D eigenvalue weighted by Crippen LogP contribution is -2.52. The number of piperidine rings is 1. The highest BCUT2D eigenvalue weighted by Crippen LogP contribution is 2.66. The average Bonchev–Trinajstić information content (AvgIpc) is 2.68. The summed E-state index contributed by atoms with van der Waals surface area (Å²) in [5.74, 6) is 1.47. The van der Waals surface area contributed by atoms with Crippen molar-refractivity contribution in [2.45, 2.75) is 39.2 Å². The molecule has 1 aliphatic carbocycles. The van der Waals surface area contributed by atoms with Crippen LogP contribution in [0.25, 0.3) is 0 Å². The summed E-state index contributed by atoms with van der Waals surface area (Å²) in [6.45, 7) is 8.17. The second-order valence-electron chi connectivity index (χ2n) is 6.70. The van der Waals surface area contributed by atoms with E-state index in [4.69, 9.17) is 0 Å². The number of hydrogen-bond acceptors (Lipinski definition) is 1. The zero-order valence-corrected chi connectivity index (χ0v) is 10.2. The Bertz CT molecular complexity index is 365. The van der Waals surface area contributed by atoms with Crippen molar-refractivity contribution in [3.63, 3.8) is 0 Å². The third-order valence-corrected chi connectivity index (χ3v) is 4.99. The van der Waals surface area contributed by atoms with Crippen LogP contribution in [-0.4, -0.2) is 23.5 Å². The molecule has 2 aliphatic heterocycles. The van der Waals surface area contributed by atoms with Crippen molar-refractivity contribution in [2.24, 2.45) is 17.3 Å². The molecule has 0 amide bonds. The van der Waals surface area contributed by atoms with Crippen LogP contribution in [0.4, 0.5) is 8.78 Å². The predicted molar refractivity (Wildman–Crippen MR) is 59.2 cm³/mol. The second-order valence-corrected chi connectivity index (χ2v) is 6.70. The maximum absolute atomic E-state index is 12.8. The van der Waals surface area contributed by atoms with Gasteiger partial charge in [-0.05, 0) is 30.1 Å². The fourth-order valence-corrected chi connectivity index (χ4v) is 4.20. The van der Waals surface area contributed by atoms with E-state index in [2.05, 4.69) is 25.7 Å². The van der Waals surface area contributed by atoms with Crippen LogP contribution in [0.5, 0.6) is 0 Å². The molecule has 3 aliphatic rings. The van der Waals surface area contributed by atoms with Crippen LogP contribution < -0.4 is 0 Å². The van der Waals surface area contributed by atoms with Gasteiger partial charge in [-0.3, -0.25) is 4.90 Å². The topological polar surface area (TPSA) is 3.24 Å². The Labute approximate surface area is 95.5 Å². The Balaban J connectivity index is 2.02. The molecule has 3 atom stereocenters. The third-order valence-electron chi connectivity index (χ3n) is 4.99. The maximum Gasteiger partial charge on any atom is 0.270 e. The van der Waals surface area contributed by atoms with Crippen molar-refractivity contribution in [3.05, 3.63) is 11.7 Å². The number of rotatable bonds is 0. The standard InChI is InChI=1S/C13H19F2N/c1-12(2,3)13-5-9(11(14)15)7-16(13)6-8-4-10(8)13/h8,10H,4-7H2,1-3H3. The Morgan fingerprint density at radius 1 is 1.38 bits per heavy atom. The molecule has 3 heteroatoms. The summed E-state index contributed by atoms with van der Waals surface area (Å²) in [4.78, 5) is 2.33. The van der Waals surface area contributed by atoms with Gasteiger partial charge in [0.15, 0.2) is 0 Å². The molecule has 0 aromatic rings. The fourth-order valence-electron chi connectivity index (χ4n) is 4.20. The van der Waals surface area contributed by atoms with Gasteiger partial charge in [0.25, 0.3) is 6.08 Å². The first kappa shape index (κ1) is 10.7. The first-order valence-corrected chi connectivity index (χ1v) is 6.14. The Kier molecular flexibility index (Phi) is 1.92.